The van der Waals surface area contributed by atoms with Crippen molar-refractivity contribution >= 4 is 5.91 Å². The Hall–Kier alpha value is -2.41. The Labute approximate surface area is 185 Å². The van der Waals surface area contributed by atoms with E-state index in [1.165, 1.54) is 5.56 Å². The van der Waals surface area contributed by atoms with Gasteiger partial charge in [0.05, 0.1) is 24.4 Å². The van der Waals surface area contributed by atoms with Gasteiger partial charge in [0.1, 0.15) is 12.4 Å². The first-order valence-corrected chi connectivity index (χ1v) is 11.1. The number of rotatable bonds is 10. The van der Waals surface area contributed by atoms with Crippen molar-refractivity contribution in [1.29, 1.82) is 0 Å². The van der Waals surface area contributed by atoms with E-state index in [0.29, 0.717) is 37.7 Å². The molecule has 0 saturated carbocycles. The first-order valence-electron chi connectivity index (χ1n) is 11.1. The molecule has 2 unspecified atom stereocenters. The molecule has 0 radical (unpaired) electrons. The number of amides is 1. The van der Waals surface area contributed by atoms with Crippen LogP contribution in [-0.2, 0) is 22.6 Å². The molecule has 1 aliphatic heterocycles. The lowest BCUT2D eigenvalue weighted by molar-refractivity contribution is -0.0705. The minimum absolute atomic E-state index is 0.143. The highest BCUT2D eigenvalue weighted by Crippen LogP contribution is 2.19. The summed E-state index contributed by atoms with van der Waals surface area (Å²) in [6, 6.07) is 15.6. The summed E-state index contributed by atoms with van der Waals surface area (Å²) in [5.41, 5.74) is 2.88. The molecule has 2 aromatic carbocycles. The van der Waals surface area contributed by atoms with E-state index in [9.17, 15) is 4.79 Å². The van der Waals surface area contributed by atoms with Crippen LogP contribution in [0.2, 0.25) is 0 Å². The minimum Gasteiger partial charge on any atom is -0.490 e. The van der Waals surface area contributed by atoms with Crippen molar-refractivity contribution in [2.75, 3.05) is 32.9 Å². The molecule has 0 spiro atoms. The largest absolute Gasteiger partial charge is 0.490 e. The SMILES string of the molecule is CCOCCOc1ccccc1C(=O)NCc1ccccc1CN1CC(C)OC(C)C1. The van der Waals surface area contributed by atoms with Crippen LogP contribution in [0.4, 0.5) is 0 Å². The quantitative estimate of drug-likeness (QED) is 0.588. The van der Waals surface area contributed by atoms with E-state index in [2.05, 4.69) is 42.3 Å². The van der Waals surface area contributed by atoms with Crippen LogP contribution in [0, 0.1) is 0 Å². The normalized spacial score (nSPS) is 19.2. The number of morpholine rings is 1. The fraction of sp³-hybridized carbons (Fsp3) is 0.480. The van der Waals surface area contributed by atoms with Gasteiger partial charge in [-0.25, -0.2) is 0 Å². The number of hydrogen-bond acceptors (Lipinski definition) is 5. The van der Waals surface area contributed by atoms with Crippen molar-refractivity contribution < 1.29 is 19.0 Å². The molecule has 0 bridgehead atoms. The Morgan fingerprint density at radius 1 is 1.03 bits per heavy atom. The van der Waals surface area contributed by atoms with E-state index in [4.69, 9.17) is 14.2 Å². The van der Waals surface area contributed by atoms with E-state index < -0.39 is 0 Å². The van der Waals surface area contributed by atoms with Gasteiger partial charge in [-0.3, -0.25) is 9.69 Å². The van der Waals surface area contributed by atoms with Crippen molar-refractivity contribution in [2.24, 2.45) is 0 Å². The maximum atomic E-state index is 12.9. The lowest BCUT2D eigenvalue weighted by atomic mass is 10.1. The summed E-state index contributed by atoms with van der Waals surface area (Å²) in [6.45, 7) is 10.9. The van der Waals surface area contributed by atoms with E-state index in [1.54, 1.807) is 6.07 Å². The molecule has 6 heteroatoms. The topological polar surface area (TPSA) is 60.0 Å². The number of nitrogens with one attached hydrogen (secondary N) is 1. The van der Waals surface area contributed by atoms with Crippen molar-refractivity contribution in [3.8, 4) is 5.75 Å². The minimum atomic E-state index is -0.143. The second kappa shape index (κ2) is 11.8. The molecule has 0 aromatic heterocycles. The zero-order chi connectivity index (χ0) is 22.1. The maximum Gasteiger partial charge on any atom is 0.255 e. The lowest BCUT2D eigenvalue weighted by Crippen LogP contribution is -2.45. The highest BCUT2D eigenvalue weighted by Gasteiger charge is 2.22. The first kappa shape index (κ1) is 23.3. The van der Waals surface area contributed by atoms with Crippen LogP contribution >= 0.6 is 0 Å². The summed E-state index contributed by atoms with van der Waals surface area (Å²) in [5, 5.41) is 3.06. The number of benzene rings is 2. The molecule has 2 atom stereocenters. The molecule has 6 nitrogen and oxygen atoms in total. The van der Waals surface area contributed by atoms with E-state index in [1.807, 2.05) is 31.2 Å². The molecule has 0 aliphatic carbocycles. The second-order valence-electron chi connectivity index (χ2n) is 7.94. The van der Waals surface area contributed by atoms with Gasteiger partial charge >= 0.3 is 0 Å². The van der Waals surface area contributed by atoms with Gasteiger partial charge in [0, 0.05) is 32.8 Å². The lowest BCUT2D eigenvalue weighted by Gasteiger charge is -2.35. The Morgan fingerprint density at radius 3 is 2.45 bits per heavy atom. The molecule has 1 N–H and O–H groups in total. The summed E-state index contributed by atoms with van der Waals surface area (Å²) in [4.78, 5) is 15.3. The second-order valence-corrected chi connectivity index (χ2v) is 7.94. The van der Waals surface area contributed by atoms with Crippen molar-refractivity contribution in [3.05, 3.63) is 65.2 Å². The molecule has 1 amide bonds. The average Bonchev–Trinajstić information content (AvgIpc) is 2.75. The van der Waals surface area contributed by atoms with Crippen LogP contribution in [0.5, 0.6) is 5.75 Å². The fourth-order valence-electron chi connectivity index (χ4n) is 3.94. The third kappa shape index (κ3) is 7.06. The van der Waals surface area contributed by atoms with Crippen LogP contribution in [0.1, 0.15) is 42.3 Å². The Morgan fingerprint density at radius 2 is 1.71 bits per heavy atom. The number of carbonyl (C=O) groups excluding carboxylic acids is 1. The number of para-hydroxylation sites is 1. The van der Waals surface area contributed by atoms with Gasteiger partial charge in [-0.1, -0.05) is 36.4 Å². The number of ether oxygens (including phenoxy) is 3. The molecule has 3 rings (SSSR count). The van der Waals surface area contributed by atoms with Gasteiger partial charge in [0.2, 0.25) is 0 Å². The average molecular weight is 427 g/mol. The zero-order valence-electron chi connectivity index (χ0n) is 18.8. The molecular formula is C25H34N2O4. The van der Waals surface area contributed by atoms with Gasteiger partial charge in [0.15, 0.2) is 0 Å². The third-order valence-corrected chi connectivity index (χ3v) is 5.27. The highest BCUT2D eigenvalue weighted by atomic mass is 16.5. The van der Waals surface area contributed by atoms with Gasteiger partial charge < -0.3 is 19.5 Å². The molecule has 1 aliphatic rings. The standard InChI is InChI=1S/C25H34N2O4/c1-4-29-13-14-30-24-12-8-7-11-23(24)25(28)26-15-21-9-5-6-10-22(21)18-27-16-19(2)31-20(3)17-27/h5-12,19-20H,4,13-18H2,1-3H3,(H,26,28). The van der Waals surface area contributed by atoms with E-state index in [-0.39, 0.29) is 18.1 Å². The predicted octanol–water partition coefficient (Wildman–Crippen LogP) is 3.64. The molecule has 31 heavy (non-hydrogen) atoms. The summed E-state index contributed by atoms with van der Waals surface area (Å²) < 4.78 is 16.9. The summed E-state index contributed by atoms with van der Waals surface area (Å²) in [7, 11) is 0. The summed E-state index contributed by atoms with van der Waals surface area (Å²) >= 11 is 0. The summed E-state index contributed by atoms with van der Waals surface area (Å²) in [5.74, 6) is 0.430. The van der Waals surface area contributed by atoms with E-state index >= 15 is 0 Å². The van der Waals surface area contributed by atoms with E-state index in [0.717, 1.165) is 25.2 Å². The third-order valence-electron chi connectivity index (χ3n) is 5.27. The number of nitrogens with zero attached hydrogens (tertiary/aromatic N) is 1. The highest BCUT2D eigenvalue weighted by molar-refractivity contribution is 5.96. The molecule has 168 valence electrons. The van der Waals surface area contributed by atoms with Crippen LogP contribution < -0.4 is 10.1 Å². The molecule has 1 fully saturated rings. The smallest absolute Gasteiger partial charge is 0.255 e. The first-order chi connectivity index (χ1) is 15.1. The monoisotopic (exact) mass is 426 g/mol. The fourth-order valence-corrected chi connectivity index (χ4v) is 3.94. The van der Waals surface area contributed by atoms with Crippen LogP contribution in [0.25, 0.3) is 0 Å². The van der Waals surface area contributed by atoms with Crippen LogP contribution in [0.3, 0.4) is 0 Å². The van der Waals surface area contributed by atoms with Gasteiger partial charge in [-0.05, 0) is 44.0 Å². The van der Waals surface area contributed by atoms with Gasteiger partial charge in [-0.15, -0.1) is 0 Å². The van der Waals surface area contributed by atoms with Crippen molar-refractivity contribution in [3.63, 3.8) is 0 Å². The van der Waals surface area contributed by atoms with Gasteiger partial charge in [0.25, 0.3) is 5.91 Å². The van der Waals surface area contributed by atoms with Crippen molar-refractivity contribution in [2.45, 2.75) is 46.1 Å². The van der Waals surface area contributed by atoms with Gasteiger partial charge in [-0.2, -0.15) is 0 Å². The molecule has 1 heterocycles. The zero-order valence-corrected chi connectivity index (χ0v) is 18.8. The number of carbonyl (C=O) groups is 1. The predicted molar refractivity (Wildman–Crippen MR) is 121 cm³/mol. The van der Waals surface area contributed by atoms with Crippen LogP contribution in [0.15, 0.2) is 48.5 Å². The molecule has 2 aromatic rings. The van der Waals surface area contributed by atoms with Crippen molar-refractivity contribution in [1.82, 2.24) is 10.2 Å². The number of hydrogen-bond donors (Lipinski definition) is 1. The molecular weight excluding hydrogens is 392 g/mol. The maximum absolute atomic E-state index is 12.9. The Balaban J connectivity index is 1.61. The molecule has 1 saturated heterocycles. The van der Waals surface area contributed by atoms with Crippen LogP contribution in [-0.4, -0.2) is 55.9 Å². The Bertz CT molecular complexity index is 832. The summed E-state index contributed by atoms with van der Waals surface area (Å²) in [6.07, 6.45) is 0.463. The Kier molecular flexibility index (Phi) is 8.88.